The van der Waals surface area contributed by atoms with Crippen LogP contribution >= 0.6 is 0 Å². The van der Waals surface area contributed by atoms with E-state index in [0.29, 0.717) is 11.8 Å². The van der Waals surface area contributed by atoms with Crippen molar-refractivity contribution in [3.05, 3.63) is 89.0 Å². The van der Waals surface area contributed by atoms with Gasteiger partial charge in [-0.05, 0) is 73.2 Å². The summed E-state index contributed by atoms with van der Waals surface area (Å²) in [4.78, 5) is 0. The van der Waals surface area contributed by atoms with Gasteiger partial charge in [0, 0.05) is 11.5 Å². The number of rotatable bonds is 1. The lowest BCUT2D eigenvalue weighted by molar-refractivity contribution is 0.517. The van der Waals surface area contributed by atoms with Gasteiger partial charge in [0.25, 0.3) is 0 Å². The summed E-state index contributed by atoms with van der Waals surface area (Å²) in [5.74, 6) is 7.52. The third-order valence-corrected chi connectivity index (χ3v) is 5.60. The van der Waals surface area contributed by atoms with Gasteiger partial charge in [0.05, 0.1) is 17.6 Å². The second-order valence-electron chi connectivity index (χ2n) is 7.25. The minimum Gasteiger partial charge on any atom is -0.233 e. The molecule has 2 atom stereocenters. The van der Waals surface area contributed by atoms with Crippen molar-refractivity contribution in [3.8, 4) is 17.5 Å². The van der Waals surface area contributed by atoms with Gasteiger partial charge in [0.1, 0.15) is 5.82 Å². The largest absolute Gasteiger partial charge is 0.233 e. The highest BCUT2D eigenvalue weighted by molar-refractivity contribution is 5.60. The summed E-state index contributed by atoms with van der Waals surface area (Å²) < 4.78 is 15.1. The molecule has 2 unspecified atom stereocenters. The zero-order chi connectivity index (χ0) is 18.2. The second-order valence-corrected chi connectivity index (χ2v) is 7.25. The van der Waals surface area contributed by atoms with Gasteiger partial charge in [-0.15, -0.1) is 0 Å². The SMILES string of the molecule is Fc1ccc(-n2ncc3c2C=C2CCC(C#Cc4ccccc4)C2C3)cc1. The normalized spacial score (nSPS) is 20.3. The van der Waals surface area contributed by atoms with Crippen LogP contribution in [0.2, 0.25) is 0 Å². The van der Waals surface area contributed by atoms with Crippen LogP contribution in [0.1, 0.15) is 29.7 Å². The number of halogens is 1. The molecule has 2 aliphatic rings. The molecule has 0 bridgehead atoms. The summed E-state index contributed by atoms with van der Waals surface area (Å²) in [7, 11) is 0. The van der Waals surface area contributed by atoms with Gasteiger partial charge in [-0.1, -0.05) is 35.6 Å². The van der Waals surface area contributed by atoms with Crippen LogP contribution < -0.4 is 0 Å². The van der Waals surface area contributed by atoms with E-state index in [-0.39, 0.29) is 5.82 Å². The Balaban J connectivity index is 1.43. The fourth-order valence-corrected chi connectivity index (χ4v) is 4.19. The van der Waals surface area contributed by atoms with Crippen LogP contribution in [0.25, 0.3) is 11.8 Å². The van der Waals surface area contributed by atoms with Crippen LogP contribution in [-0.2, 0) is 6.42 Å². The molecule has 1 saturated carbocycles. The third kappa shape index (κ3) is 2.98. The Labute approximate surface area is 158 Å². The molecule has 1 fully saturated rings. The Kier molecular flexibility index (Phi) is 3.90. The van der Waals surface area contributed by atoms with E-state index in [1.807, 2.05) is 29.1 Å². The maximum Gasteiger partial charge on any atom is 0.123 e. The zero-order valence-electron chi connectivity index (χ0n) is 14.9. The second kappa shape index (κ2) is 6.55. The van der Waals surface area contributed by atoms with Crippen LogP contribution in [0.4, 0.5) is 4.39 Å². The maximum atomic E-state index is 13.2. The molecule has 0 amide bonds. The van der Waals surface area contributed by atoms with Crippen molar-refractivity contribution in [1.29, 1.82) is 0 Å². The van der Waals surface area contributed by atoms with Gasteiger partial charge in [-0.2, -0.15) is 5.10 Å². The fourth-order valence-electron chi connectivity index (χ4n) is 4.19. The minimum absolute atomic E-state index is 0.228. The van der Waals surface area contributed by atoms with Crippen LogP contribution in [0, 0.1) is 29.5 Å². The van der Waals surface area contributed by atoms with Crippen LogP contribution in [0.5, 0.6) is 0 Å². The van der Waals surface area contributed by atoms with Crippen LogP contribution in [0.15, 0.2) is 66.4 Å². The quantitative estimate of drug-likeness (QED) is 0.561. The molecule has 0 aliphatic heterocycles. The number of hydrogen-bond donors (Lipinski definition) is 0. The lowest BCUT2D eigenvalue weighted by Crippen LogP contribution is -2.15. The maximum absolute atomic E-state index is 13.2. The third-order valence-electron chi connectivity index (χ3n) is 5.60. The van der Waals surface area contributed by atoms with Crippen LogP contribution in [-0.4, -0.2) is 9.78 Å². The smallest absolute Gasteiger partial charge is 0.123 e. The molecule has 0 N–H and O–H groups in total. The summed E-state index contributed by atoms with van der Waals surface area (Å²) in [5, 5.41) is 4.56. The predicted molar refractivity (Wildman–Crippen MR) is 105 cm³/mol. The van der Waals surface area contributed by atoms with Gasteiger partial charge >= 0.3 is 0 Å². The summed E-state index contributed by atoms with van der Waals surface area (Å²) in [6.07, 6.45) is 7.42. The molecule has 0 radical (unpaired) electrons. The summed E-state index contributed by atoms with van der Waals surface area (Å²) in [6, 6.07) is 16.7. The molecule has 3 aromatic rings. The number of benzene rings is 2. The highest BCUT2D eigenvalue weighted by atomic mass is 19.1. The standard InChI is InChI=1S/C24H19FN2/c25-21-10-12-22(13-11-21)27-24-15-19-9-8-18(23(19)14-20(24)16-26-27)7-6-17-4-2-1-3-5-17/h1-5,10-13,15-16,18,23H,8-9,14H2. The molecule has 3 heteroatoms. The fraction of sp³-hybridized carbons (Fsp3) is 0.208. The molecule has 0 saturated heterocycles. The molecule has 132 valence electrons. The molecular formula is C24H19FN2. The van der Waals surface area contributed by atoms with Crippen molar-refractivity contribution in [1.82, 2.24) is 9.78 Å². The number of fused-ring (bicyclic) bond motifs is 2. The molecule has 2 nitrogen and oxygen atoms in total. The first-order valence-electron chi connectivity index (χ1n) is 9.38. The molecule has 0 spiro atoms. The molecule has 5 rings (SSSR count). The summed E-state index contributed by atoms with van der Waals surface area (Å²) in [5.41, 5.74) is 5.83. The van der Waals surface area contributed by atoms with E-state index in [2.05, 4.69) is 35.1 Å². The van der Waals surface area contributed by atoms with E-state index in [9.17, 15) is 4.39 Å². The first-order chi connectivity index (χ1) is 13.3. The van der Waals surface area contributed by atoms with Gasteiger partial charge in [0.15, 0.2) is 0 Å². The Morgan fingerprint density at radius 2 is 1.85 bits per heavy atom. The van der Waals surface area contributed by atoms with Gasteiger partial charge in [-0.25, -0.2) is 9.07 Å². The zero-order valence-corrected chi connectivity index (χ0v) is 14.9. The average Bonchev–Trinajstić information content (AvgIpc) is 3.30. The summed E-state index contributed by atoms with van der Waals surface area (Å²) in [6.45, 7) is 0. The van der Waals surface area contributed by atoms with Crippen molar-refractivity contribution in [3.63, 3.8) is 0 Å². The highest BCUT2D eigenvalue weighted by Gasteiger charge is 2.34. The molecule has 1 aromatic heterocycles. The van der Waals surface area contributed by atoms with Crippen molar-refractivity contribution in [2.45, 2.75) is 19.3 Å². The molecule has 27 heavy (non-hydrogen) atoms. The van der Waals surface area contributed by atoms with E-state index in [4.69, 9.17) is 0 Å². The number of hydrogen-bond acceptors (Lipinski definition) is 1. The van der Waals surface area contributed by atoms with E-state index in [1.54, 1.807) is 12.1 Å². The van der Waals surface area contributed by atoms with Gasteiger partial charge in [-0.3, -0.25) is 0 Å². The lowest BCUT2D eigenvalue weighted by atomic mass is 9.83. The topological polar surface area (TPSA) is 17.8 Å². The molecule has 1 heterocycles. The van der Waals surface area contributed by atoms with Gasteiger partial charge < -0.3 is 0 Å². The molecule has 2 aromatic carbocycles. The van der Waals surface area contributed by atoms with E-state index in [1.165, 1.54) is 23.3 Å². The average molecular weight is 354 g/mol. The Bertz CT molecular complexity index is 1070. The van der Waals surface area contributed by atoms with Crippen molar-refractivity contribution >= 4 is 6.08 Å². The van der Waals surface area contributed by atoms with E-state index < -0.39 is 0 Å². The Morgan fingerprint density at radius 3 is 2.67 bits per heavy atom. The lowest BCUT2D eigenvalue weighted by Gasteiger charge is -2.21. The molecule has 2 aliphatic carbocycles. The van der Waals surface area contributed by atoms with Crippen molar-refractivity contribution in [2.24, 2.45) is 11.8 Å². The minimum atomic E-state index is -0.228. The first kappa shape index (κ1) is 16.1. The first-order valence-corrected chi connectivity index (χ1v) is 9.38. The monoisotopic (exact) mass is 354 g/mol. The molecular weight excluding hydrogens is 335 g/mol. The van der Waals surface area contributed by atoms with Crippen molar-refractivity contribution < 1.29 is 4.39 Å². The summed E-state index contributed by atoms with van der Waals surface area (Å²) >= 11 is 0. The van der Waals surface area contributed by atoms with Gasteiger partial charge in [0.2, 0.25) is 0 Å². The highest BCUT2D eigenvalue weighted by Crippen LogP contribution is 2.43. The van der Waals surface area contributed by atoms with E-state index >= 15 is 0 Å². The Morgan fingerprint density at radius 1 is 1.04 bits per heavy atom. The number of aromatic nitrogens is 2. The van der Waals surface area contributed by atoms with Crippen molar-refractivity contribution in [2.75, 3.05) is 0 Å². The predicted octanol–water partition coefficient (Wildman–Crippen LogP) is 5.03. The Hall–Kier alpha value is -3.12. The van der Waals surface area contributed by atoms with E-state index in [0.717, 1.165) is 36.2 Å². The van der Waals surface area contributed by atoms with Crippen LogP contribution in [0.3, 0.4) is 0 Å². The number of nitrogens with zero attached hydrogens (tertiary/aromatic N) is 2. The number of allylic oxidation sites excluding steroid dienone is 1.